The van der Waals surface area contributed by atoms with Gasteiger partial charge in [-0.15, -0.1) is 0 Å². The van der Waals surface area contributed by atoms with Gasteiger partial charge >= 0.3 is 0 Å². The van der Waals surface area contributed by atoms with Crippen LogP contribution < -0.4 is 0 Å². The fraction of sp³-hybridized carbons (Fsp3) is 0.167. The Morgan fingerprint density at radius 1 is 1.31 bits per heavy atom. The van der Waals surface area contributed by atoms with Crippen LogP contribution in [0, 0.1) is 0 Å². The molecule has 16 heavy (non-hydrogen) atoms. The van der Waals surface area contributed by atoms with Crippen molar-refractivity contribution in [1.82, 2.24) is 0 Å². The Morgan fingerprint density at radius 3 is 2.75 bits per heavy atom. The molecular formula is C12H10O4. The smallest absolute Gasteiger partial charge is 0.173 e. The first-order chi connectivity index (χ1) is 7.59. The number of benzene rings is 1. The highest BCUT2D eigenvalue weighted by Gasteiger charge is 2.16. The highest BCUT2D eigenvalue weighted by atomic mass is 16.3. The Balaban J connectivity index is 2.48. The molecule has 0 aliphatic heterocycles. The average molecular weight is 218 g/mol. The molecule has 0 aliphatic rings. The Hall–Kier alpha value is -2.10. The maximum Gasteiger partial charge on any atom is 0.173 e. The Bertz CT molecular complexity index is 565. The quantitative estimate of drug-likeness (QED) is 0.634. The number of carbonyl (C=O) groups is 2. The summed E-state index contributed by atoms with van der Waals surface area (Å²) in [5.74, 6) is -0.734. The molecule has 0 fully saturated rings. The van der Waals surface area contributed by atoms with E-state index < -0.39 is 0 Å². The number of carbonyl (C=O) groups excluding carboxylic acids is 2. The van der Waals surface area contributed by atoms with E-state index in [1.807, 2.05) is 0 Å². The molecule has 1 aromatic carbocycles. The van der Waals surface area contributed by atoms with Crippen LogP contribution in [-0.2, 0) is 4.79 Å². The Labute approximate surface area is 91.5 Å². The minimum Gasteiger partial charge on any atom is -0.506 e. The standard InChI is InChI=1S/C12H10O4/c1-7(13)6-10(14)8-2-3-11-9(12(8)15)4-5-16-11/h2-5,15H,6H2,1H3. The number of Topliss-reactive ketones (excluding diaryl/α,β-unsaturated/α-hetero) is 2. The number of rotatable bonds is 3. The van der Waals surface area contributed by atoms with E-state index in [2.05, 4.69) is 0 Å². The fourth-order valence-corrected chi connectivity index (χ4v) is 1.58. The second-order valence-corrected chi connectivity index (χ2v) is 3.60. The summed E-state index contributed by atoms with van der Waals surface area (Å²) in [4.78, 5) is 22.5. The van der Waals surface area contributed by atoms with Crippen molar-refractivity contribution in [3.63, 3.8) is 0 Å². The first-order valence-electron chi connectivity index (χ1n) is 4.81. The second kappa shape index (κ2) is 3.81. The molecule has 82 valence electrons. The van der Waals surface area contributed by atoms with Crippen LogP contribution in [0.15, 0.2) is 28.9 Å². The van der Waals surface area contributed by atoms with Gasteiger partial charge < -0.3 is 9.52 Å². The highest BCUT2D eigenvalue weighted by Crippen LogP contribution is 2.30. The van der Waals surface area contributed by atoms with E-state index in [0.29, 0.717) is 11.0 Å². The normalized spacial score (nSPS) is 10.6. The van der Waals surface area contributed by atoms with E-state index in [9.17, 15) is 14.7 Å². The van der Waals surface area contributed by atoms with Crippen molar-refractivity contribution >= 4 is 22.5 Å². The van der Waals surface area contributed by atoms with E-state index in [4.69, 9.17) is 4.42 Å². The number of aromatic hydroxyl groups is 1. The third-order valence-electron chi connectivity index (χ3n) is 2.32. The van der Waals surface area contributed by atoms with Gasteiger partial charge in [-0.25, -0.2) is 0 Å². The molecule has 0 amide bonds. The van der Waals surface area contributed by atoms with Crippen LogP contribution in [0.2, 0.25) is 0 Å². The molecule has 1 N–H and O–H groups in total. The van der Waals surface area contributed by atoms with Gasteiger partial charge in [0.2, 0.25) is 0 Å². The van der Waals surface area contributed by atoms with Gasteiger partial charge in [-0.05, 0) is 25.1 Å². The van der Waals surface area contributed by atoms with Crippen LogP contribution in [0.3, 0.4) is 0 Å². The van der Waals surface area contributed by atoms with Crippen molar-refractivity contribution in [3.05, 3.63) is 30.0 Å². The first kappa shape index (κ1) is 10.4. The van der Waals surface area contributed by atoms with Crippen LogP contribution in [0.5, 0.6) is 5.75 Å². The number of phenols is 1. The van der Waals surface area contributed by atoms with Gasteiger partial charge in [0.15, 0.2) is 5.78 Å². The average Bonchev–Trinajstić information content (AvgIpc) is 2.65. The molecule has 2 rings (SSSR count). The van der Waals surface area contributed by atoms with Gasteiger partial charge in [0.05, 0.1) is 23.6 Å². The van der Waals surface area contributed by atoms with E-state index in [1.165, 1.54) is 19.3 Å². The lowest BCUT2D eigenvalue weighted by molar-refractivity contribution is -0.116. The molecule has 0 saturated carbocycles. The molecule has 0 radical (unpaired) electrons. The van der Waals surface area contributed by atoms with Crippen LogP contribution in [0.25, 0.3) is 11.0 Å². The van der Waals surface area contributed by atoms with E-state index in [1.54, 1.807) is 12.1 Å². The van der Waals surface area contributed by atoms with Crippen molar-refractivity contribution in [3.8, 4) is 5.75 Å². The third kappa shape index (κ3) is 1.69. The number of hydrogen-bond acceptors (Lipinski definition) is 4. The van der Waals surface area contributed by atoms with Gasteiger partial charge in [-0.1, -0.05) is 0 Å². The molecule has 1 aromatic heterocycles. The molecule has 0 atom stereocenters. The summed E-state index contributed by atoms with van der Waals surface area (Å²) in [5, 5.41) is 10.3. The summed E-state index contributed by atoms with van der Waals surface area (Å²) in [6.45, 7) is 1.34. The van der Waals surface area contributed by atoms with Gasteiger partial charge in [0, 0.05) is 0 Å². The van der Waals surface area contributed by atoms with Crippen molar-refractivity contribution in [2.75, 3.05) is 0 Å². The van der Waals surface area contributed by atoms with Gasteiger partial charge in [-0.2, -0.15) is 0 Å². The molecule has 4 nitrogen and oxygen atoms in total. The Kier molecular flexibility index (Phi) is 2.48. The maximum atomic E-state index is 11.6. The minimum atomic E-state index is -0.381. The van der Waals surface area contributed by atoms with Crippen molar-refractivity contribution in [2.45, 2.75) is 13.3 Å². The monoisotopic (exact) mass is 218 g/mol. The predicted octanol–water partition coefficient (Wildman–Crippen LogP) is 2.30. The molecule has 2 aromatic rings. The highest BCUT2D eigenvalue weighted by molar-refractivity contribution is 6.11. The zero-order valence-electron chi connectivity index (χ0n) is 8.69. The summed E-state index contributed by atoms with van der Waals surface area (Å²) in [6.07, 6.45) is 1.24. The molecule has 4 heteroatoms. The SMILES string of the molecule is CC(=O)CC(=O)c1ccc2occc2c1O. The lowest BCUT2D eigenvalue weighted by Crippen LogP contribution is -2.05. The van der Waals surface area contributed by atoms with Gasteiger partial charge in [-0.3, -0.25) is 9.59 Å². The van der Waals surface area contributed by atoms with E-state index in [-0.39, 0.29) is 29.3 Å². The summed E-state index contributed by atoms with van der Waals surface area (Å²) >= 11 is 0. The number of fused-ring (bicyclic) bond motifs is 1. The van der Waals surface area contributed by atoms with Gasteiger partial charge in [0.25, 0.3) is 0 Å². The third-order valence-corrected chi connectivity index (χ3v) is 2.32. The summed E-state index contributed by atoms with van der Waals surface area (Å²) in [7, 11) is 0. The van der Waals surface area contributed by atoms with Crippen LogP contribution in [0.4, 0.5) is 0 Å². The largest absolute Gasteiger partial charge is 0.506 e. The number of phenolic OH excluding ortho intramolecular Hbond substituents is 1. The lowest BCUT2D eigenvalue weighted by atomic mass is 10.0. The number of furan rings is 1. The molecular weight excluding hydrogens is 208 g/mol. The van der Waals surface area contributed by atoms with E-state index >= 15 is 0 Å². The zero-order chi connectivity index (χ0) is 11.7. The molecule has 0 spiro atoms. The lowest BCUT2D eigenvalue weighted by Gasteiger charge is -2.02. The topological polar surface area (TPSA) is 67.5 Å². The second-order valence-electron chi connectivity index (χ2n) is 3.60. The summed E-state index contributed by atoms with van der Waals surface area (Å²) in [6, 6.07) is 4.64. The fourth-order valence-electron chi connectivity index (χ4n) is 1.58. The molecule has 0 unspecified atom stereocenters. The number of hydrogen-bond donors (Lipinski definition) is 1. The Morgan fingerprint density at radius 2 is 2.06 bits per heavy atom. The maximum absolute atomic E-state index is 11.6. The zero-order valence-corrected chi connectivity index (χ0v) is 8.69. The number of ketones is 2. The first-order valence-corrected chi connectivity index (χ1v) is 4.81. The predicted molar refractivity (Wildman–Crippen MR) is 57.5 cm³/mol. The van der Waals surface area contributed by atoms with Crippen molar-refractivity contribution < 1.29 is 19.1 Å². The molecule has 0 bridgehead atoms. The van der Waals surface area contributed by atoms with Crippen LogP contribution in [-0.4, -0.2) is 16.7 Å². The molecule has 1 heterocycles. The van der Waals surface area contributed by atoms with Crippen LogP contribution >= 0.6 is 0 Å². The summed E-state index contributed by atoms with van der Waals surface area (Å²) < 4.78 is 5.08. The minimum absolute atomic E-state index is 0.127. The van der Waals surface area contributed by atoms with Crippen molar-refractivity contribution in [1.29, 1.82) is 0 Å². The summed E-state index contributed by atoms with van der Waals surface area (Å²) in [5.41, 5.74) is 0.668. The van der Waals surface area contributed by atoms with E-state index in [0.717, 1.165) is 0 Å². The molecule has 0 saturated heterocycles. The van der Waals surface area contributed by atoms with Gasteiger partial charge in [0.1, 0.15) is 17.1 Å². The molecule has 0 aliphatic carbocycles. The van der Waals surface area contributed by atoms with Crippen molar-refractivity contribution in [2.24, 2.45) is 0 Å². The van der Waals surface area contributed by atoms with Crippen LogP contribution in [0.1, 0.15) is 23.7 Å².